The van der Waals surface area contributed by atoms with E-state index in [1.807, 2.05) is 14.0 Å². The summed E-state index contributed by atoms with van der Waals surface area (Å²) in [6.45, 7) is 3.04. The van der Waals surface area contributed by atoms with E-state index in [0.29, 0.717) is 18.0 Å². The number of hydrogen-bond donors (Lipinski definition) is 2. The fourth-order valence-corrected chi connectivity index (χ4v) is 3.52. The maximum atomic E-state index is 12.3. The highest BCUT2D eigenvalue weighted by Gasteiger charge is 2.25. The van der Waals surface area contributed by atoms with Crippen LogP contribution in [0.2, 0.25) is 0 Å². The smallest absolute Gasteiger partial charge is 0.240 e. The molecule has 1 fully saturated rings. The molecule has 1 aliphatic rings. The Morgan fingerprint density at radius 1 is 1.35 bits per heavy atom. The van der Waals surface area contributed by atoms with Crippen LogP contribution in [-0.4, -0.2) is 28.1 Å². The summed E-state index contributed by atoms with van der Waals surface area (Å²) in [6.07, 6.45) is 2.96. The number of rotatable bonds is 7. The molecule has 6 heteroatoms. The van der Waals surface area contributed by atoms with Gasteiger partial charge in [0.25, 0.3) is 0 Å². The zero-order valence-electron chi connectivity index (χ0n) is 12.0. The first-order valence-electron chi connectivity index (χ1n) is 6.99. The molecule has 1 aromatic rings. The Morgan fingerprint density at radius 2 is 2.10 bits per heavy atom. The molecular weight excluding hydrogens is 276 g/mol. The van der Waals surface area contributed by atoms with Gasteiger partial charge in [0.1, 0.15) is 5.75 Å². The van der Waals surface area contributed by atoms with Crippen LogP contribution in [-0.2, 0) is 16.6 Å². The molecule has 112 valence electrons. The van der Waals surface area contributed by atoms with Gasteiger partial charge in [0.2, 0.25) is 10.0 Å². The van der Waals surface area contributed by atoms with Crippen LogP contribution >= 0.6 is 0 Å². The van der Waals surface area contributed by atoms with Gasteiger partial charge < -0.3 is 10.1 Å². The molecule has 5 nitrogen and oxygen atoms in total. The van der Waals surface area contributed by atoms with Crippen molar-refractivity contribution in [1.82, 2.24) is 10.0 Å². The number of sulfonamides is 1. The largest absolute Gasteiger partial charge is 0.494 e. The summed E-state index contributed by atoms with van der Waals surface area (Å²) >= 11 is 0. The third-order valence-electron chi connectivity index (χ3n) is 3.44. The molecule has 0 aromatic heterocycles. The molecule has 0 bridgehead atoms. The molecule has 0 amide bonds. The minimum absolute atomic E-state index is 0.0966. The summed E-state index contributed by atoms with van der Waals surface area (Å²) in [6, 6.07) is 5.11. The first-order valence-corrected chi connectivity index (χ1v) is 8.47. The first-order chi connectivity index (χ1) is 9.56. The molecule has 1 aliphatic carbocycles. The van der Waals surface area contributed by atoms with E-state index >= 15 is 0 Å². The standard InChI is InChI=1S/C14H22N2O3S/c1-3-19-14-8-7-13(9-11(14)10-15-2)20(17,18)16-12-5-4-6-12/h7-9,12,15-16H,3-6,10H2,1-2H3. The summed E-state index contributed by atoms with van der Waals surface area (Å²) in [5.41, 5.74) is 0.853. The molecule has 0 atom stereocenters. The normalized spacial score (nSPS) is 15.9. The molecular formula is C14H22N2O3S. The van der Waals surface area contributed by atoms with Gasteiger partial charge >= 0.3 is 0 Å². The molecule has 2 N–H and O–H groups in total. The van der Waals surface area contributed by atoms with Crippen LogP contribution in [0.5, 0.6) is 5.75 Å². The van der Waals surface area contributed by atoms with Crippen molar-refractivity contribution in [2.45, 2.75) is 43.7 Å². The summed E-state index contributed by atoms with van der Waals surface area (Å²) in [5, 5.41) is 3.03. The van der Waals surface area contributed by atoms with Crippen molar-refractivity contribution in [1.29, 1.82) is 0 Å². The Hall–Kier alpha value is -1.11. The van der Waals surface area contributed by atoms with E-state index in [1.165, 1.54) is 0 Å². The minimum atomic E-state index is -3.43. The van der Waals surface area contributed by atoms with Gasteiger partial charge in [0.05, 0.1) is 11.5 Å². The lowest BCUT2D eigenvalue weighted by Gasteiger charge is -2.26. The van der Waals surface area contributed by atoms with E-state index in [2.05, 4.69) is 10.0 Å². The van der Waals surface area contributed by atoms with Crippen LogP contribution < -0.4 is 14.8 Å². The fraction of sp³-hybridized carbons (Fsp3) is 0.571. The van der Waals surface area contributed by atoms with Gasteiger partial charge in [0.15, 0.2) is 0 Å². The molecule has 0 unspecified atom stereocenters. The van der Waals surface area contributed by atoms with E-state index in [1.54, 1.807) is 18.2 Å². The van der Waals surface area contributed by atoms with Crippen LogP contribution in [0.25, 0.3) is 0 Å². The summed E-state index contributed by atoms with van der Waals surface area (Å²) < 4.78 is 32.8. The average Bonchev–Trinajstić information content (AvgIpc) is 2.37. The summed E-state index contributed by atoms with van der Waals surface area (Å²) in [4.78, 5) is 0.304. The third kappa shape index (κ3) is 3.50. The summed E-state index contributed by atoms with van der Waals surface area (Å²) in [5.74, 6) is 0.726. The number of nitrogens with one attached hydrogen (secondary N) is 2. The van der Waals surface area contributed by atoms with Gasteiger partial charge in [-0.2, -0.15) is 0 Å². The molecule has 0 heterocycles. The number of benzene rings is 1. The number of ether oxygens (including phenoxy) is 1. The highest BCUT2D eigenvalue weighted by atomic mass is 32.2. The maximum absolute atomic E-state index is 12.3. The lowest BCUT2D eigenvalue weighted by Crippen LogP contribution is -2.39. The van der Waals surface area contributed by atoms with Crippen molar-refractivity contribution in [3.8, 4) is 5.75 Å². The van der Waals surface area contributed by atoms with E-state index in [4.69, 9.17) is 4.74 Å². The van der Waals surface area contributed by atoms with Gasteiger partial charge in [-0.05, 0) is 45.0 Å². The van der Waals surface area contributed by atoms with Crippen molar-refractivity contribution < 1.29 is 13.2 Å². The highest BCUT2D eigenvalue weighted by Crippen LogP contribution is 2.25. The lowest BCUT2D eigenvalue weighted by atomic mass is 9.94. The van der Waals surface area contributed by atoms with Crippen molar-refractivity contribution in [2.24, 2.45) is 0 Å². The van der Waals surface area contributed by atoms with Crippen molar-refractivity contribution in [3.05, 3.63) is 23.8 Å². The molecule has 1 aromatic carbocycles. The Morgan fingerprint density at radius 3 is 2.65 bits per heavy atom. The van der Waals surface area contributed by atoms with Gasteiger partial charge in [-0.1, -0.05) is 6.42 Å². The Labute approximate surface area is 120 Å². The van der Waals surface area contributed by atoms with Crippen molar-refractivity contribution in [2.75, 3.05) is 13.7 Å². The van der Waals surface area contributed by atoms with E-state index in [-0.39, 0.29) is 6.04 Å². The molecule has 0 spiro atoms. The van der Waals surface area contributed by atoms with Crippen LogP contribution in [0.3, 0.4) is 0 Å². The van der Waals surface area contributed by atoms with Gasteiger partial charge in [0, 0.05) is 18.2 Å². The number of hydrogen-bond acceptors (Lipinski definition) is 4. The second-order valence-electron chi connectivity index (χ2n) is 4.98. The van der Waals surface area contributed by atoms with E-state index in [0.717, 1.165) is 30.6 Å². The Kier molecular flexibility index (Phi) is 5.01. The molecule has 0 aliphatic heterocycles. The van der Waals surface area contributed by atoms with Crippen LogP contribution in [0, 0.1) is 0 Å². The molecule has 1 saturated carbocycles. The predicted molar refractivity (Wildman–Crippen MR) is 78.3 cm³/mol. The SMILES string of the molecule is CCOc1ccc(S(=O)(=O)NC2CCC2)cc1CNC. The monoisotopic (exact) mass is 298 g/mol. The fourth-order valence-electron chi connectivity index (χ4n) is 2.16. The minimum Gasteiger partial charge on any atom is -0.494 e. The van der Waals surface area contributed by atoms with E-state index < -0.39 is 10.0 Å². The maximum Gasteiger partial charge on any atom is 0.240 e. The molecule has 20 heavy (non-hydrogen) atoms. The zero-order chi connectivity index (χ0) is 14.6. The van der Waals surface area contributed by atoms with Crippen molar-refractivity contribution in [3.63, 3.8) is 0 Å². The Bertz CT molecular complexity index is 554. The van der Waals surface area contributed by atoms with Crippen LogP contribution in [0.4, 0.5) is 0 Å². The van der Waals surface area contributed by atoms with Gasteiger partial charge in [-0.25, -0.2) is 13.1 Å². The van der Waals surface area contributed by atoms with Gasteiger partial charge in [-0.3, -0.25) is 0 Å². The topological polar surface area (TPSA) is 67.4 Å². The highest BCUT2D eigenvalue weighted by molar-refractivity contribution is 7.89. The average molecular weight is 298 g/mol. The van der Waals surface area contributed by atoms with Crippen LogP contribution in [0.1, 0.15) is 31.7 Å². The molecule has 0 saturated heterocycles. The van der Waals surface area contributed by atoms with Crippen LogP contribution in [0.15, 0.2) is 23.1 Å². The Balaban J connectivity index is 2.24. The second-order valence-corrected chi connectivity index (χ2v) is 6.70. The van der Waals surface area contributed by atoms with Gasteiger partial charge in [-0.15, -0.1) is 0 Å². The molecule has 2 rings (SSSR count). The van der Waals surface area contributed by atoms with E-state index in [9.17, 15) is 8.42 Å². The second kappa shape index (κ2) is 6.56. The first kappa shape index (κ1) is 15.3. The predicted octanol–water partition coefficient (Wildman–Crippen LogP) is 1.64. The molecule has 0 radical (unpaired) electrons. The lowest BCUT2D eigenvalue weighted by molar-refractivity contribution is 0.335. The van der Waals surface area contributed by atoms with Crippen molar-refractivity contribution >= 4 is 10.0 Å². The zero-order valence-corrected chi connectivity index (χ0v) is 12.8. The summed E-state index contributed by atoms with van der Waals surface area (Å²) in [7, 11) is -1.60. The quantitative estimate of drug-likeness (QED) is 0.803. The third-order valence-corrected chi connectivity index (χ3v) is 4.95.